The second-order valence-corrected chi connectivity index (χ2v) is 4.99. The summed E-state index contributed by atoms with van der Waals surface area (Å²) < 4.78 is 0. The summed E-state index contributed by atoms with van der Waals surface area (Å²) in [4.78, 5) is 28.9. The highest BCUT2D eigenvalue weighted by Gasteiger charge is 2.41. The van der Waals surface area contributed by atoms with Gasteiger partial charge < -0.3 is 10.6 Å². The maximum Gasteiger partial charge on any atom is 0.251 e. The fourth-order valence-electron chi connectivity index (χ4n) is 1.79. The highest BCUT2D eigenvalue weighted by atomic mass is 35.5. The third kappa shape index (κ3) is 2.11. The first-order valence-electron chi connectivity index (χ1n) is 5.35. The Balaban J connectivity index is 2.46. The smallest absolute Gasteiger partial charge is 0.251 e. The number of hydrogen-bond acceptors (Lipinski definition) is 5. The zero-order valence-electron chi connectivity index (χ0n) is 10.0. The lowest BCUT2D eigenvalue weighted by atomic mass is 9.98. The van der Waals surface area contributed by atoms with E-state index in [-0.39, 0.29) is 23.5 Å². The molecule has 0 aromatic carbocycles. The number of nitrogen functional groups attached to an aromatic ring is 1. The molecule has 0 bridgehead atoms. The van der Waals surface area contributed by atoms with Crippen molar-refractivity contribution in [3.05, 3.63) is 17.3 Å². The van der Waals surface area contributed by atoms with Gasteiger partial charge >= 0.3 is 0 Å². The third-order valence-corrected chi connectivity index (χ3v) is 3.06. The van der Waals surface area contributed by atoms with E-state index in [1.54, 1.807) is 24.8 Å². The van der Waals surface area contributed by atoms with Crippen molar-refractivity contribution in [1.82, 2.24) is 10.3 Å². The van der Waals surface area contributed by atoms with Crippen molar-refractivity contribution >= 4 is 34.9 Å². The first-order chi connectivity index (χ1) is 8.30. The largest absolute Gasteiger partial charge is 0.399 e. The van der Waals surface area contributed by atoms with Crippen molar-refractivity contribution in [1.29, 1.82) is 0 Å². The van der Waals surface area contributed by atoms with Crippen LogP contribution in [0.3, 0.4) is 0 Å². The van der Waals surface area contributed by atoms with Crippen molar-refractivity contribution in [3.63, 3.8) is 0 Å². The SMILES string of the molecule is CC1(C)C(=O)NC(=O)CN1c1cc(N)cc(Cl)n1. The summed E-state index contributed by atoms with van der Waals surface area (Å²) in [5.74, 6) is -0.341. The molecule has 1 fully saturated rings. The maximum atomic E-state index is 11.8. The first kappa shape index (κ1) is 12.6. The van der Waals surface area contributed by atoms with E-state index < -0.39 is 5.54 Å². The van der Waals surface area contributed by atoms with Gasteiger partial charge in [0.15, 0.2) is 0 Å². The molecule has 1 aromatic heterocycles. The Morgan fingerprint density at radius 2 is 2.11 bits per heavy atom. The van der Waals surface area contributed by atoms with Gasteiger partial charge in [-0.05, 0) is 19.9 Å². The second kappa shape index (κ2) is 4.13. The van der Waals surface area contributed by atoms with E-state index in [2.05, 4.69) is 10.3 Å². The number of carbonyl (C=O) groups is 2. The fourth-order valence-corrected chi connectivity index (χ4v) is 2.00. The summed E-state index contributed by atoms with van der Waals surface area (Å²) in [6.45, 7) is 3.44. The van der Waals surface area contributed by atoms with Gasteiger partial charge in [0.05, 0.1) is 6.54 Å². The lowest BCUT2D eigenvalue weighted by Crippen LogP contribution is -2.64. The van der Waals surface area contributed by atoms with Crippen LogP contribution in [-0.4, -0.2) is 28.9 Å². The predicted molar refractivity (Wildman–Crippen MR) is 68.2 cm³/mol. The van der Waals surface area contributed by atoms with Crippen LogP contribution in [-0.2, 0) is 9.59 Å². The monoisotopic (exact) mass is 268 g/mol. The standard InChI is InChI=1S/C11H13ClN4O2/c1-11(2)10(18)15-9(17)5-16(11)8-4-6(13)3-7(12)14-8/h3-4H,5H2,1-2H3,(H2,13,14)(H,15,17,18). The topological polar surface area (TPSA) is 88.3 Å². The Labute approximate surface area is 109 Å². The molecule has 6 nitrogen and oxygen atoms in total. The van der Waals surface area contributed by atoms with E-state index in [0.29, 0.717) is 11.5 Å². The number of anilines is 2. The van der Waals surface area contributed by atoms with E-state index in [0.717, 1.165) is 0 Å². The first-order valence-corrected chi connectivity index (χ1v) is 5.73. The number of hydrogen-bond donors (Lipinski definition) is 2. The molecule has 1 aromatic rings. The zero-order valence-corrected chi connectivity index (χ0v) is 10.8. The van der Waals surface area contributed by atoms with Crippen LogP contribution in [0.25, 0.3) is 0 Å². The van der Waals surface area contributed by atoms with E-state index in [1.807, 2.05) is 0 Å². The van der Waals surface area contributed by atoms with Gasteiger partial charge in [-0.15, -0.1) is 0 Å². The summed E-state index contributed by atoms with van der Waals surface area (Å²) in [7, 11) is 0. The zero-order chi connectivity index (χ0) is 13.5. The molecular weight excluding hydrogens is 256 g/mol. The predicted octanol–water partition coefficient (Wildman–Crippen LogP) is 0.559. The number of nitrogens with zero attached hydrogens (tertiary/aromatic N) is 2. The molecular formula is C11H13ClN4O2. The highest BCUT2D eigenvalue weighted by Crippen LogP contribution is 2.27. The average Bonchev–Trinajstić information content (AvgIpc) is 2.22. The molecule has 7 heteroatoms. The summed E-state index contributed by atoms with van der Waals surface area (Å²) in [6.07, 6.45) is 0. The number of piperazine rings is 1. The van der Waals surface area contributed by atoms with Crippen LogP contribution in [0.5, 0.6) is 0 Å². The Bertz CT molecular complexity index is 510. The van der Waals surface area contributed by atoms with Gasteiger partial charge in [0.25, 0.3) is 5.91 Å². The van der Waals surface area contributed by atoms with Gasteiger partial charge in [-0.2, -0.15) is 0 Å². The van der Waals surface area contributed by atoms with Gasteiger partial charge in [0.1, 0.15) is 16.5 Å². The highest BCUT2D eigenvalue weighted by molar-refractivity contribution is 6.29. The lowest BCUT2D eigenvalue weighted by molar-refractivity contribution is -0.135. The molecule has 0 spiro atoms. The molecule has 18 heavy (non-hydrogen) atoms. The molecule has 0 radical (unpaired) electrons. The van der Waals surface area contributed by atoms with Crippen LogP contribution in [0, 0.1) is 0 Å². The van der Waals surface area contributed by atoms with E-state index in [9.17, 15) is 9.59 Å². The van der Waals surface area contributed by atoms with Crippen LogP contribution in [0.15, 0.2) is 12.1 Å². The molecule has 2 rings (SSSR count). The van der Waals surface area contributed by atoms with E-state index in [4.69, 9.17) is 17.3 Å². The summed E-state index contributed by atoms with van der Waals surface area (Å²) in [5.41, 5.74) is 5.23. The second-order valence-electron chi connectivity index (χ2n) is 4.60. The normalized spacial score (nSPS) is 18.7. The molecule has 2 amide bonds. The number of nitrogens with one attached hydrogen (secondary N) is 1. The van der Waals surface area contributed by atoms with Crippen LogP contribution in [0.4, 0.5) is 11.5 Å². The number of rotatable bonds is 1. The molecule has 96 valence electrons. The number of pyridine rings is 1. The Morgan fingerprint density at radius 3 is 2.72 bits per heavy atom. The minimum atomic E-state index is -0.891. The van der Waals surface area contributed by atoms with Crippen LogP contribution < -0.4 is 16.0 Å². The third-order valence-electron chi connectivity index (χ3n) is 2.86. The molecule has 0 saturated carbocycles. The van der Waals surface area contributed by atoms with Crippen molar-refractivity contribution < 1.29 is 9.59 Å². The van der Waals surface area contributed by atoms with E-state index in [1.165, 1.54) is 6.07 Å². The van der Waals surface area contributed by atoms with Gasteiger partial charge in [-0.1, -0.05) is 11.6 Å². The number of carbonyl (C=O) groups excluding carboxylic acids is 2. The van der Waals surface area contributed by atoms with Crippen LogP contribution in [0.2, 0.25) is 5.15 Å². The van der Waals surface area contributed by atoms with Crippen molar-refractivity contribution in [2.45, 2.75) is 19.4 Å². The average molecular weight is 269 g/mol. The molecule has 0 unspecified atom stereocenters. The molecule has 1 aliphatic heterocycles. The van der Waals surface area contributed by atoms with Crippen LogP contribution in [0.1, 0.15) is 13.8 Å². The van der Waals surface area contributed by atoms with Gasteiger partial charge in [0, 0.05) is 11.8 Å². The maximum absolute atomic E-state index is 11.8. The fraction of sp³-hybridized carbons (Fsp3) is 0.364. The quantitative estimate of drug-likeness (QED) is 0.574. The van der Waals surface area contributed by atoms with Gasteiger partial charge in [-0.3, -0.25) is 14.9 Å². The summed E-state index contributed by atoms with van der Waals surface area (Å²) in [5, 5.41) is 2.51. The Kier molecular flexibility index (Phi) is 2.90. The van der Waals surface area contributed by atoms with Gasteiger partial charge in [0.2, 0.25) is 5.91 Å². The lowest BCUT2D eigenvalue weighted by Gasteiger charge is -2.41. The molecule has 2 heterocycles. The molecule has 3 N–H and O–H groups in total. The van der Waals surface area contributed by atoms with Crippen molar-refractivity contribution in [2.75, 3.05) is 17.2 Å². The Hall–Kier alpha value is -1.82. The number of aromatic nitrogens is 1. The van der Waals surface area contributed by atoms with Crippen molar-refractivity contribution in [3.8, 4) is 0 Å². The molecule has 1 aliphatic rings. The minimum Gasteiger partial charge on any atom is -0.399 e. The van der Waals surface area contributed by atoms with Crippen LogP contribution >= 0.6 is 11.6 Å². The number of halogens is 1. The number of amides is 2. The molecule has 1 saturated heterocycles. The number of nitrogens with two attached hydrogens (primary N) is 1. The Morgan fingerprint density at radius 1 is 1.44 bits per heavy atom. The summed E-state index contributed by atoms with van der Waals surface area (Å²) in [6, 6.07) is 3.09. The van der Waals surface area contributed by atoms with E-state index >= 15 is 0 Å². The summed E-state index contributed by atoms with van der Waals surface area (Å²) >= 11 is 5.83. The molecule has 0 aliphatic carbocycles. The van der Waals surface area contributed by atoms with Crippen molar-refractivity contribution in [2.24, 2.45) is 0 Å². The molecule has 0 atom stereocenters. The minimum absolute atomic E-state index is 0.0333. The number of imide groups is 1. The van der Waals surface area contributed by atoms with Gasteiger partial charge in [-0.25, -0.2) is 4.98 Å².